The molecule has 0 fully saturated rings. The van der Waals surface area contributed by atoms with E-state index in [4.69, 9.17) is 16.0 Å². The lowest BCUT2D eigenvalue weighted by molar-refractivity contribution is -0.0497. The summed E-state index contributed by atoms with van der Waals surface area (Å²) in [6.07, 6.45) is 0. The second-order valence-electron chi connectivity index (χ2n) is 2.75. The Hall–Kier alpha value is -1.36. The molecule has 2 rings (SSSR count). The van der Waals surface area contributed by atoms with E-state index in [0.29, 0.717) is 17.0 Å². The van der Waals surface area contributed by atoms with Crippen LogP contribution in [0, 0.1) is 0 Å². The molecule has 2 aromatic rings. The number of fused-ring (bicyclic) bond motifs is 1. The minimum Gasteiger partial charge on any atom is -0.439 e. The number of benzene rings is 1. The van der Waals surface area contributed by atoms with Crippen LogP contribution in [-0.4, -0.2) is 11.6 Å². The van der Waals surface area contributed by atoms with Gasteiger partial charge in [0.25, 0.3) is 0 Å². The van der Waals surface area contributed by atoms with Crippen LogP contribution in [0.4, 0.5) is 8.78 Å². The van der Waals surface area contributed by atoms with Crippen molar-refractivity contribution >= 4 is 22.7 Å². The highest BCUT2D eigenvalue weighted by atomic mass is 35.5. The molecule has 0 amide bonds. The number of alkyl halides is 3. The second kappa shape index (κ2) is 4.02. The maximum absolute atomic E-state index is 11.9. The number of aromatic nitrogens is 1. The zero-order valence-electron chi connectivity index (χ0n) is 7.41. The van der Waals surface area contributed by atoms with E-state index < -0.39 is 6.61 Å². The van der Waals surface area contributed by atoms with Gasteiger partial charge in [-0.05, 0) is 12.1 Å². The molecular formula is C9H6ClF2NO2. The molecule has 3 nitrogen and oxygen atoms in total. The number of rotatable bonds is 3. The Balaban J connectivity index is 2.37. The molecule has 0 aliphatic heterocycles. The molecule has 1 aromatic carbocycles. The summed E-state index contributed by atoms with van der Waals surface area (Å²) in [5.74, 6) is 0.523. The van der Waals surface area contributed by atoms with Crippen molar-refractivity contribution in [2.45, 2.75) is 12.5 Å². The second-order valence-corrected chi connectivity index (χ2v) is 3.02. The van der Waals surface area contributed by atoms with Gasteiger partial charge in [0.1, 0.15) is 11.3 Å². The van der Waals surface area contributed by atoms with E-state index in [9.17, 15) is 8.78 Å². The summed E-state index contributed by atoms with van der Waals surface area (Å²) in [4.78, 5) is 4.01. The number of hydrogen-bond donors (Lipinski definition) is 0. The zero-order valence-corrected chi connectivity index (χ0v) is 8.17. The Morgan fingerprint density at radius 2 is 2.27 bits per heavy atom. The van der Waals surface area contributed by atoms with Gasteiger partial charge in [-0.1, -0.05) is 0 Å². The minimum atomic E-state index is -2.85. The van der Waals surface area contributed by atoms with Crippen molar-refractivity contribution in [3.05, 3.63) is 24.1 Å². The van der Waals surface area contributed by atoms with Crippen LogP contribution in [0.1, 0.15) is 5.89 Å². The van der Waals surface area contributed by atoms with E-state index in [2.05, 4.69) is 9.72 Å². The minimum absolute atomic E-state index is 0.0368. The molecule has 0 radical (unpaired) electrons. The molecule has 0 saturated carbocycles. The smallest absolute Gasteiger partial charge is 0.387 e. The first-order valence-electron chi connectivity index (χ1n) is 4.09. The lowest BCUT2D eigenvalue weighted by atomic mass is 10.3. The van der Waals surface area contributed by atoms with Crippen LogP contribution in [0.3, 0.4) is 0 Å². The normalized spacial score (nSPS) is 11.2. The summed E-state index contributed by atoms with van der Waals surface area (Å²) in [5.41, 5.74) is 0.941. The Morgan fingerprint density at radius 3 is 2.93 bits per heavy atom. The predicted octanol–water partition coefficient (Wildman–Crippen LogP) is 3.17. The van der Waals surface area contributed by atoms with Crippen LogP contribution < -0.4 is 4.74 Å². The summed E-state index contributed by atoms with van der Waals surface area (Å²) >= 11 is 5.52. The van der Waals surface area contributed by atoms with E-state index in [-0.39, 0.29) is 11.6 Å². The van der Waals surface area contributed by atoms with Gasteiger partial charge in [0.15, 0.2) is 5.58 Å². The van der Waals surface area contributed by atoms with E-state index in [1.54, 1.807) is 0 Å². The molecule has 80 valence electrons. The monoisotopic (exact) mass is 233 g/mol. The fraction of sp³-hybridized carbons (Fsp3) is 0.222. The Labute approximate surface area is 88.6 Å². The van der Waals surface area contributed by atoms with Crippen molar-refractivity contribution in [2.24, 2.45) is 0 Å². The van der Waals surface area contributed by atoms with E-state index in [0.717, 1.165) is 0 Å². The molecule has 0 saturated heterocycles. The van der Waals surface area contributed by atoms with Crippen molar-refractivity contribution < 1.29 is 17.9 Å². The van der Waals surface area contributed by atoms with Gasteiger partial charge >= 0.3 is 6.61 Å². The van der Waals surface area contributed by atoms with E-state index in [1.807, 2.05) is 0 Å². The largest absolute Gasteiger partial charge is 0.439 e. The van der Waals surface area contributed by atoms with Gasteiger partial charge in [-0.3, -0.25) is 0 Å². The van der Waals surface area contributed by atoms with Crippen molar-refractivity contribution in [1.29, 1.82) is 0 Å². The maximum atomic E-state index is 11.9. The topological polar surface area (TPSA) is 35.3 Å². The van der Waals surface area contributed by atoms with Crippen molar-refractivity contribution in [1.82, 2.24) is 4.98 Å². The number of nitrogens with zero attached hydrogens (tertiary/aromatic N) is 1. The first-order valence-corrected chi connectivity index (χ1v) is 4.63. The standard InChI is InChI=1S/C9H6ClF2NO2/c10-4-8-13-6-2-1-5(14-9(11)12)3-7(6)15-8/h1-3,9H,4H2. The molecule has 0 aliphatic carbocycles. The molecule has 6 heteroatoms. The Morgan fingerprint density at radius 1 is 1.47 bits per heavy atom. The predicted molar refractivity (Wildman–Crippen MR) is 50.2 cm³/mol. The third-order valence-corrected chi connectivity index (χ3v) is 1.97. The lowest BCUT2D eigenvalue weighted by Crippen LogP contribution is -2.01. The Bertz CT molecular complexity index is 472. The Kier molecular flexibility index (Phi) is 2.73. The van der Waals surface area contributed by atoms with Gasteiger partial charge in [0.2, 0.25) is 5.89 Å². The molecule has 15 heavy (non-hydrogen) atoms. The van der Waals surface area contributed by atoms with Crippen LogP contribution in [0.2, 0.25) is 0 Å². The van der Waals surface area contributed by atoms with Gasteiger partial charge in [0, 0.05) is 6.07 Å². The molecule has 0 N–H and O–H groups in total. The highest BCUT2D eigenvalue weighted by Gasteiger charge is 2.08. The number of halogens is 3. The zero-order chi connectivity index (χ0) is 10.8. The van der Waals surface area contributed by atoms with Gasteiger partial charge in [-0.25, -0.2) is 4.98 Å². The van der Waals surface area contributed by atoms with Crippen LogP contribution in [-0.2, 0) is 5.88 Å². The summed E-state index contributed by atoms with van der Waals surface area (Å²) in [6, 6.07) is 4.28. The van der Waals surface area contributed by atoms with Crippen LogP contribution in [0.5, 0.6) is 5.75 Å². The molecule has 0 spiro atoms. The number of ether oxygens (including phenoxy) is 1. The van der Waals surface area contributed by atoms with Crippen LogP contribution >= 0.6 is 11.6 Å². The van der Waals surface area contributed by atoms with Crippen molar-refractivity contribution in [3.63, 3.8) is 0 Å². The molecule has 0 atom stereocenters. The van der Waals surface area contributed by atoms with Crippen LogP contribution in [0.25, 0.3) is 11.1 Å². The molecule has 0 bridgehead atoms. The van der Waals surface area contributed by atoms with Crippen molar-refractivity contribution in [2.75, 3.05) is 0 Å². The summed E-state index contributed by atoms with van der Waals surface area (Å²) in [5, 5.41) is 0. The third kappa shape index (κ3) is 2.18. The van der Waals surface area contributed by atoms with Gasteiger partial charge < -0.3 is 9.15 Å². The van der Waals surface area contributed by atoms with Gasteiger partial charge in [0.05, 0.1) is 5.88 Å². The number of hydrogen-bond acceptors (Lipinski definition) is 3. The summed E-state index contributed by atoms with van der Waals surface area (Å²) < 4.78 is 33.2. The fourth-order valence-electron chi connectivity index (χ4n) is 1.19. The first kappa shape index (κ1) is 10.2. The third-order valence-electron chi connectivity index (χ3n) is 1.74. The average molecular weight is 234 g/mol. The molecule has 0 aliphatic rings. The molecule has 1 heterocycles. The quantitative estimate of drug-likeness (QED) is 0.764. The lowest BCUT2D eigenvalue weighted by Gasteiger charge is -2.02. The molecule has 0 unspecified atom stereocenters. The molecular weight excluding hydrogens is 228 g/mol. The van der Waals surface area contributed by atoms with Gasteiger partial charge in [-0.15, -0.1) is 11.6 Å². The van der Waals surface area contributed by atoms with Crippen LogP contribution in [0.15, 0.2) is 22.6 Å². The SMILES string of the molecule is FC(F)Oc1ccc2nc(CCl)oc2c1. The average Bonchev–Trinajstić information content (AvgIpc) is 2.58. The summed E-state index contributed by atoms with van der Waals surface area (Å²) in [7, 11) is 0. The first-order chi connectivity index (χ1) is 7.19. The van der Waals surface area contributed by atoms with Gasteiger partial charge in [-0.2, -0.15) is 8.78 Å². The van der Waals surface area contributed by atoms with Crippen molar-refractivity contribution in [3.8, 4) is 5.75 Å². The van der Waals surface area contributed by atoms with E-state index in [1.165, 1.54) is 18.2 Å². The number of oxazole rings is 1. The fourth-order valence-corrected chi connectivity index (χ4v) is 1.30. The maximum Gasteiger partial charge on any atom is 0.387 e. The summed E-state index contributed by atoms with van der Waals surface area (Å²) in [6.45, 7) is -2.85. The highest BCUT2D eigenvalue weighted by molar-refractivity contribution is 6.16. The van der Waals surface area contributed by atoms with E-state index >= 15 is 0 Å². The highest BCUT2D eigenvalue weighted by Crippen LogP contribution is 2.23. The molecule has 1 aromatic heterocycles.